The van der Waals surface area contributed by atoms with Gasteiger partial charge >= 0.3 is 0 Å². The Morgan fingerprint density at radius 2 is 2.00 bits per heavy atom. The molecule has 0 unspecified atom stereocenters. The van der Waals surface area contributed by atoms with Gasteiger partial charge in [-0.15, -0.1) is 0 Å². The number of carbonyl (C=O) groups excluding carboxylic acids is 1. The molecule has 0 radical (unpaired) electrons. The first kappa shape index (κ1) is 16.2. The van der Waals surface area contributed by atoms with E-state index in [9.17, 15) is 4.79 Å². The molecule has 0 spiro atoms. The summed E-state index contributed by atoms with van der Waals surface area (Å²) >= 11 is 0. The Kier molecular flexibility index (Phi) is 4.28. The number of benzene rings is 1. The number of hydrogen-bond acceptors (Lipinski definition) is 7. The lowest BCUT2D eigenvalue weighted by atomic mass is 10.3. The van der Waals surface area contributed by atoms with Crippen LogP contribution in [0.15, 0.2) is 42.9 Å². The third-order valence-corrected chi connectivity index (χ3v) is 3.90. The van der Waals surface area contributed by atoms with E-state index in [1.54, 1.807) is 28.2 Å². The van der Waals surface area contributed by atoms with Gasteiger partial charge in [-0.25, -0.2) is 14.6 Å². The quantitative estimate of drug-likeness (QED) is 0.760. The average Bonchev–Trinajstić information content (AvgIpc) is 3.09. The van der Waals surface area contributed by atoms with Crippen LogP contribution in [0.5, 0.6) is 0 Å². The second-order valence-corrected chi connectivity index (χ2v) is 5.74. The van der Waals surface area contributed by atoms with Crippen molar-refractivity contribution in [3.8, 4) is 5.69 Å². The van der Waals surface area contributed by atoms with Gasteiger partial charge in [0.05, 0.1) is 18.8 Å². The predicted molar refractivity (Wildman–Crippen MR) is 94.6 cm³/mol. The van der Waals surface area contributed by atoms with E-state index in [4.69, 9.17) is 4.74 Å². The van der Waals surface area contributed by atoms with Gasteiger partial charge in [-0.2, -0.15) is 10.1 Å². The molecule has 3 aromatic rings. The number of hydrogen-bond donors (Lipinski definition) is 1. The van der Waals surface area contributed by atoms with Crippen LogP contribution in [0.3, 0.4) is 0 Å². The van der Waals surface area contributed by atoms with Gasteiger partial charge in [0, 0.05) is 11.9 Å². The SMILES string of the molecule is Cc1ncn(-c2ccc(Nc3nccc(N4CCOCC4=O)n3)cc2)n1. The molecule has 1 aromatic carbocycles. The molecule has 0 aliphatic carbocycles. The number of aromatic nitrogens is 5. The van der Waals surface area contributed by atoms with Gasteiger partial charge < -0.3 is 10.1 Å². The maximum atomic E-state index is 11.9. The average molecular weight is 351 g/mol. The van der Waals surface area contributed by atoms with Gasteiger partial charge in [0.2, 0.25) is 5.95 Å². The van der Waals surface area contributed by atoms with E-state index in [0.29, 0.717) is 24.9 Å². The molecule has 4 rings (SSSR count). The fourth-order valence-corrected chi connectivity index (χ4v) is 2.62. The predicted octanol–water partition coefficient (Wildman–Crippen LogP) is 1.47. The van der Waals surface area contributed by atoms with Crippen molar-refractivity contribution in [2.24, 2.45) is 0 Å². The minimum absolute atomic E-state index is 0.0794. The van der Waals surface area contributed by atoms with Crippen molar-refractivity contribution in [3.63, 3.8) is 0 Å². The number of anilines is 3. The number of amides is 1. The highest BCUT2D eigenvalue weighted by atomic mass is 16.5. The van der Waals surface area contributed by atoms with Crippen LogP contribution in [0.25, 0.3) is 5.69 Å². The molecule has 1 saturated heterocycles. The van der Waals surface area contributed by atoms with E-state index in [0.717, 1.165) is 17.2 Å². The second kappa shape index (κ2) is 6.89. The molecule has 1 fully saturated rings. The highest BCUT2D eigenvalue weighted by Crippen LogP contribution is 2.19. The molecule has 2 aromatic heterocycles. The first-order chi connectivity index (χ1) is 12.7. The molecule has 26 heavy (non-hydrogen) atoms. The fraction of sp³-hybridized carbons (Fsp3) is 0.235. The molecule has 3 heterocycles. The van der Waals surface area contributed by atoms with Crippen LogP contribution in [0.4, 0.5) is 17.5 Å². The molecule has 132 valence electrons. The summed E-state index contributed by atoms with van der Waals surface area (Å²) in [7, 11) is 0. The van der Waals surface area contributed by atoms with Crippen molar-refractivity contribution in [1.29, 1.82) is 0 Å². The minimum atomic E-state index is -0.103. The minimum Gasteiger partial charge on any atom is -0.370 e. The van der Waals surface area contributed by atoms with Crippen molar-refractivity contribution in [1.82, 2.24) is 24.7 Å². The number of nitrogens with zero attached hydrogens (tertiary/aromatic N) is 6. The zero-order chi connectivity index (χ0) is 17.9. The van der Waals surface area contributed by atoms with Crippen molar-refractivity contribution in [2.45, 2.75) is 6.92 Å². The second-order valence-electron chi connectivity index (χ2n) is 5.74. The van der Waals surface area contributed by atoms with Crippen molar-refractivity contribution in [2.75, 3.05) is 30.0 Å². The molecular formula is C17H17N7O2. The third kappa shape index (κ3) is 3.38. The van der Waals surface area contributed by atoms with Crippen LogP contribution in [0.1, 0.15) is 5.82 Å². The van der Waals surface area contributed by atoms with E-state index in [1.807, 2.05) is 31.2 Å². The Morgan fingerprint density at radius 1 is 1.15 bits per heavy atom. The Hall–Kier alpha value is -3.33. The van der Waals surface area contributed by atoms with Crippen molar-refractivity contribution >= 4 is 23.4 Å². The molecule has 9 heteroatoms. The van der Waals surface area contributed by atoms with Gasteiger partial charge in [0.15, 0.2) is 0 Å². The van der Waals surface area contributed by atoms with E-state index in [-0.39, 0.29) is 12.5 Å². The van der Waals surface area contributed by atoms with Crippen LogP contribution in [0, 0.1) is 6.92 Å². The van der Waals surface area contributed by atoms with E-state index >= 15 is 0 Å². The van der Waals surface area contributed by atoms with Gasteiger partial charge in [-0.05, 0) is 37.3 Å². The smallest absolute Gasteiger partial charge is 0.254 e. The van der Waals surface area contributed by atoms with E-state index < -0.39 is 0 Å². The van der Waals surface area contributed by atoms with Crippen molar-refractivity contribution in [3.05, 3.63) is 48.7 Å². The van der Waals surface area contributed by atoms with E-state index in [2.05, 4.69) is 25.4 Å². The van der Waals surface area contributed by atoms with Crippen LogP contribution >= 0.6 is 0 Å². The van der Waals surface area contributed by atoms with Gasteiger partial charge in [-0.3, -0.25) is 9.69 Å². The van der Waals surface area contributed by atoms with Crippen LogP contribution in [0.2, 0.25) is 0 Å². The zero-order valence-corrected chi connectivity index (χ0v) is 14.2. The maximum absolute atomic E-state index is 11.9. The fourth-order valence-electron chi connectivity index (χ4n) is 2.62. The van der Waals surface area contributed by atoms with Crippen LogP contribution < -0.4 is 10.2 Å². The summed E-state index contributed by atoms with van der Waals surface area (Å²) in [4.78, 5) is 26.3. The van der Waals surface area contributed by atoms with Crippen molar-refractivity contribution < 1.29 is 9.53 Å². The number of ether oxygens (including phenoxy) is 1. The normalized spacial score (nSPS) is 14.5. The molecule has 0 bridgehead atoms. The summed E-state index contributed by atoms with van der Waals surface area (Å²) in [6, 6.07) is 9.37. The lowest BCUT2D eigenvalue weighted by molar-refractivity contribution is -0.125. The lowest BCUT2D eigenvalue weighted by Crippen LogP contribution is -2.42. The van der Waals surface area contributed by atoms with Crippen LogP contribution in [-0.4, -0.2) is 50.4 Å². The Labute approximate surface area is 149 Å². The maximum Gasteiger partial charge on any atom is 0.254 e. The standard InChI is InChI=1S/C17H17N7O2/c1-12-19-11-24(22-12)14-4-2-13(3-5-14)20-17-18-7-6-15(21-17)23-8-9-26-10-16(23)25/h2-7,11H,8-10H2,1H3,(H,18,20,21). The molecule has 1 amide bonds. The van der Waals surface area contributed by atoms with E-state index in [1.165, 1.54) is 0 Å². The number of aryl methyl sites for hydroxylation is 1. The molecule has 1 N–H and O–H groups in total. The third-order valence-electron chi connectivity index (χ3n) is 3.90. The summed E-state index contributed by atoms with van der Waals surface area (Å²) in [5.74, 6) is 1.60. The summed E-state index contributed by atoms with van der Waals surface area (Å²) in [5.41, 5.74) is 1.74. The monoisotopic (exact) mass is 351 g/mol. The number of morpholine rings is 1. The largest absolute Gasteiger partial charge is 0.370 e. The van der Waals surface area contributed by atoms with Crippen LogP contribution in [-0.2, 0) is 9.53 Å². The first-order valence-electron chi connectivity index (χ1n) is 8.16. The summed E-state index contributed by atoms with van der Waals surface area (Å²) in [6.45, 7) is 2.91. The molecule has 9 nitrogen and oxygen atoms in total. The lowest BCUT2D eigenvalue weighted by Gasteiger charge is -2.25. The Morgan fingerprint density at radius 3 is 2.73 bits per heavy atom. The molecule has 0 saturated carbocycles. The molecule has 1 aliphatic heterocycles. The summed E-state index contributed by atoms with van der Waals surface area (Å²) in [6.07, 6.45) is 3.30. The molecular weight excluding hydrogens is 334 g/mol. The summed E-state index contributed by atoms with van der Waals surface area (Å²) in [5, 5.41) is 7.42. The highest BCUT2D eigenvalue weighted by molar-refractivity contribution is 5.94. The number of carbonyl (C=O) groups is 1. The molecule has 1 aliphatic rings. The van der Waals surface area contributed by atoms with Gasteiger partial charge in [0.25, 0.3) is 5.91 Å². The molecule has 0 atom stereocenters. The summed E-state index contributed by atoms with van der Waals surface area (Å²) < 4.78 is 6.86. The Bertz CT molecular complexity index is 923. The highest BCUT2D eigenvalue weighted by Gasteiger charge is 2.21. The number of nitrogens with one attached hydrogen (secondary N) is 1. The number of rotatable bonds is 4. The first-order valence-corrected chi connectivity index (χ1v) is 8.16. The zero-order valence-electron chi connectivity index (χ0n) is 14.2. The topological polar surface area (TPSA) is 98.1 Å². The Balaban J connectivity index is 1.50. The van der Waals surface area contributed by atoms with Gasteiger partial charge in [-0.1, -0.05) is 0 Å². The van der Waals surface area contributed by atoms with Gasteiger partial charge in [0.1, 0.15) is 24.6 Å².